The van der Waals surface area contributed by atoms with Gasteiger partial charge in [-0.3, -0.25) is 20.2 Å². The van der Waals surface area contributed by atoms with Gasteiger partial charge in [-0.15, -0.1) is 0 Å². The third kappa shape index (κ3) is 9.22. The van der Waals surface area contributed by atoms with Crippen LogP contribution in [0.5, 0.6) is 0 Å². The minimum absolute atomic E-state index is 0.274. The Kier molecular flexibility index (Phi) is 11.6. The molecule has 0 aromatic heterocycles. The van der Waals surface area contributed by atoms with Crippen molar-refractivity contribution < 1.29 is 14.6 Å². The number of thioether (sulfide) groups is 1. The number of halogens is 1. The van der Waals surface area contributed by atoms with Crippen LogP contribution in [0.25, 0.3) is 0 Å². The number of morpholine rings is 1. The average molecular weight is 605 g/mol. The number of hydrogen-bond acceptors (Lipinski definition) is 8. The number of non-ortho nitro benzene ring substituents is 1. The second-order valence-electron chi connectivity index (χ2n) is 8.29. The van der Waals surface area contributed by atoms with Crippen molar-refractivity contribution in [1.29, 1.82) is 0 Å². The lowest BCUT2D eigenvalue weighted by Crippen LogP contribution is -2.40. The molecule has 3 aromatic carbocycles. The molecule has 0 saturated carbocycles. The Labute approximate surface area is 246 Å². The van der Waals surface area contributed by atoms with Crippen molar-refractivity contribution in [3.8, 4) is 0 Å². The molecule has 3 aromatic rings. The number of ether oxygens (including phenoxy) is 1. The van der Waals surface area contributed by atoms with Gasteiger partial charge in [0.15, 0.2) is 0 Å². The molecule has 0 bridgehead atoms. The lowest BCUT2D eigenvalue weighted by Gasteiger charge is -2.29. The topological polar surface area (TPSA) is 102 Å². The molecule has 39 heavy (non-hydrogen) atoms. The van der Waals surface area contributed by atoms with Crippen LogP contribution in [-0.4, -0.2) is 62.3 Å². The fourth-order valence-corrected chi connectivity index (χ4v) is 5.13. The highest BCUT2D eigenvalue weighted by Gasteiger charge is 2.22. The van der Waals surface area contributed by atoms with E-state index in [4.69, 9.17) is 40.8 Å². The normalized spacial score (nSPS) is 12.6. The zero-order valence-corrected chi connectivity index (χ0v) is 24.1. The molecule has 0 radical (unpaired) electrons. The Morgan fingerprint density at radius 2 is 1.69 bits per heavy atom. The molecular formula is C26H25ClN4O5S3. The molecule has 0 atom stereocenters. The number of rotatable bonds is 6. The van der Waals surface area contributed by atoms with Gasteiger partial charge in [0.2, 0.25) is 0 Å². The van der Waals surface area contributed by atoms with Gasteiger partial charge in [0.05, 0.1) is 34.0 Å². The van der Waals surface area contributed by atoms with Gasteiger partial charge in [-0.05, 0) is 23.8 Å². The molecule has 1 aliphatic heterocycles. The van der Waals surface area contributed by atoms with Crippen LogP contribution in [0.4, 0.5) is 11.4 Å². The first-order valence-corrected chi connectivity index (χ1v) is 13.7. The van der Waals surface area contributed by atoms with Crippen molar-refractivity contribution >= 4 is 68.5 Å². The van der Waals surface area contributed by atoms with Gasteiger partial charge >= 0.3 is 0 Å². The summed E-state index contributed by atoms with van der Waals surface area (Å²) in [6.07, 6.45) is 0. The molecule has 0 amide bonds. The lowest BCUT2D eigenvalue weighted by atomic mass is 10.2. The van der Waals surface area contributed by atoms with Gasteiger partial charge < -0.3 is 14.5 Å². The van der Waals surface area contributed by atoms with Crippen molar-refractivity contribution in [1.82, 2.24) is 9.80 Å². The second kappa shape index (κ2) is 14.8. The van der Waals surface area contributed by atoms with E-state index in [1.807, 2.05) is 54.6 Å². The molecule has 9 nitrogen and oxygen atoms in total. The smallest absolute Gasteiger partial charge is 0.290 e. The molecule has 1 aliphatic rings. The van der Waals surface area contributed by atoms with E-state index in [2.05, 4.69) is 4.90 Å². The fraction of sp³-hybridized carbons (Fsp3) is 0.231. The van der Waals surface area contributed by atoms with Gasteiger partial charge in [-0.1, -0.05) is 90.3 Å². The summed E-state index contributed by atoms with van der Waals surface area (Å²) in [4.78, 5) is 25.7. The number of benzene rings is 3. The summed E-state index contributed by atoms with van der Waals surface area (Å²) in [6.45, 7) is 3.80. The zero-order chi connectivity index (χ0) is 28.4. The summed E-state index contributed by atoms with van der Waals surface area (Å²) in [5.74, 6) is 0. The van der Waals surface area contributed by atoms with Gasteiger partial charge in [-0.2, -0.15) is 0 Å². The Morgan fingerprint density at radius 1 is 1.00 bits per heavy atom. The Morgan fingerprint density at radius 3 is 2.31 bits per heavy atom. The van der Waals surface area contributed by atoms with Gasteiger partial charge in [-0.25, -0.2) is 0 Å². The maximum absolute atomic E-state index is 11.2. The predicted molar refractivity (Wildman–Crippen MR) is 162 cm³/mol. The molecule has 204 valence electrons. The van der Waals surface area contributed by atoms with Crippen LogP contribution in [0.15, 0.2) is 77.7 Å². The first kappa shape index (κ1) is 30.4. The Bertz CT molecular complexity index is 1340. The van der Waals surface area contributed by atoms with Crippen LogP contribution in [0, 0.1) is 20.2 Å². The molecule has 4 rings (SSSR count). The van der Waals surface area contributed by atoms with Gasteiger partial charge in [0, 0.05) is 43.3 Å². The predicted octanol–water partition coefficient (Wildman–Crippen LogP) is 6.36. The van der Waals surface area contributed by atoms with Crippen LogP contribution < -0.4 is 0 Å². The summed E-state index contributed by atoms with van der Waals surface area (Å²) in [6, 6.07) is 20.9. The van der Waals surface area contributed by atoms with E-state index in [1.54, 1.807) is 11.9 Å². The molecule has 0 aliphatic carbocycles. The van der Waals surface area contributed by atoms with Gasteiger partial charge in [0.1, 0.15) is 9.31 Å². The van der Waals surface area contributed by atoms with E-state index in [9.17, 15) is 20.2 Å². The highest BCUT2D eigenvalue weighted by atomic mass is 35.5. The number of nitro benzene ring substituents is 2. The maximum atomic E-state index is 11.2. The summed E-state index contributed by atoms with van der Waals surface area (Å²) in [5.41, 5.74) is 1.42. The minimum atomic E-state index is -0.665. The second-order valence-corrected chi connectivity index (χ2v) is 10.8. The van der Waals surface area contributed by atoms with E-state index in [0.717, 1.165) is 65.3 Å². The summed E-state index contributed by atoms with van der Waals surface area (Å²) in [5, 5.41) is 22.6. The molecule has 0 N–H and O–H groups in total. The highest BCUT2D eigenvalue weighted by Crippen LogP contribution is 2.34. The minimum Gasteiger partial charge on any atom is -0.378 e. The Hall–Kier alpha value is -3.16. The van der Waals surface area contributed by atoms with Crippen LogP contribution in [0.1, 0.15) is 11.1 Å². The van der Waals surface area contributed by atoms with E-state index < -0.39 is 9.85 Å². The third-order valence-electron chi connectivity index (χ3n) is 5.49. The van der Waals surface area contributed by atoms with Crippen molar-refractivity contribution in [3.63, 3.8) is 0 Å². The van der Waals surface area contributed by atoms with Crippen molar-refractivity contribution in [2.45, 2.75) is 11.4 Å². The van der Waals surface area contributed by atoms with Crippen LogP contribution in [0.2, 0.25) is 5.02 Å². The molecule has 1 saturated heterocycles. The van der Waals surface area contributed by atoms with E-state index >= 15 is 0 Å². The Balaban J connectivity index is 0.000000239. The molecule has 1 heterocycles. The van der Waals surface area contributed by atoms with E-state index in [0.29, 0.717) is 10.9 Å². The SMILES string of the molecule is CN(Cc1ccccc1)C(=S)Sc1ccc([N+](=O)[O-])cc1[N+](=O)[O-].S=C(c1cccc(Cl)c1)N1CCOCC1. The van der Waals surface area contributed by atoms with Crippen molar-refractivity contribution in [3.05, 3.63) is 109 Å². The van der Waals surface area contributed by atoms with Crippen molar-refractivity contribution in [2.24, 2.45) is 0 Å². The molecule has 0 unspecified atom stereocenters. The first-order valence-electron chi connectivity index (χ1n) is 11.7. The fourth-order valence-electron chi connectivity index (χ4n) is 3.51. The van der Waals surface area contributed by atoms with E-state index in [1.165, 1.54) is 12.1 Å². The van der Waals surface area contributed by atoms with Crippen molar-refractivity contribution in [2.75, 3.05) is 33.4 Å². The first-order chi connectivity index (χ1) is 18.7. The van der Waals surface area contributed by atoms with Crippen LogP contribution >= 0.6 is 47.8 Å². The largest absolute Gasteiger partial charge is 0.378 e. The monoisotopic (exact) mass is 604 g/mol. The third-order valence-corrected chi connectivity index (χ3v) is 7.83. The quantitative estimate of drug-likeness (QED) is 0.137. The number of hydrogen-bond donors (Lipinski definition) is 0. The molecular weight excluding hydrogens is 580 g/mol. The number of nitro groups is 2. The number of thiocarbonyl (C=S) groups is 2. The van der Waals surface area contributed by atoms with Gasteiger partial charge in [0.25, 0.3) is 11.4 Å². The lowest BCUT2D eigenvalue weighted by molar-refractivity contribution is -0.396. The summed E-state index contributed by atoms with van der Waals surface area (Å²) in [7, 11) is 1.79. The number of nitrogens with zero attached hydrogens (tertiary/aromatic N) is 4. The molecule has 1 fully saturated rings. The highest BCUT2D eigenvalue weighted by molar-refractivity contribution is 8.23. The standard InChI is InChI=1S/C15H13N3O4S2.C11H12ClNOS/c1-16(10-11-5-3-2-4-6-11)15(23)24-14-8-7-12(17(19)20)9-13(14)18(21)22;12-10-3-1-2-9(8-10)11(15)13-4-6-14-7-5-13/h2-9H,10H2,1H3;1-3,8H,4-7H2. The van der Waals surface area contributed by atoms with Crippen LogP contribution in [0.3, 0.4) is 0 Å². The molecule has 0 spiro atoms. The average Bonchev–Trinajstić information content (AvgIpc) is 2.94. The summed E-state index contributed by atoms with van der Waals surface area (Å²) < 4.78 is 5.72. The zero-order valence-electron chi connectivity index (χ0n) is 20.9. The summed E-state index contributed by atoms with van der Waals surface area (Å²) >= 11 is 17.7. The van der Waals surface area contributed by atoms with Crippen LogP contribution in [-0.2, 0) is 11.3 Å². The maximum Gasteiger partial charge on any atom is 0.290 e. The van der Waals surface area contributed by atoms with E-state index in [-0.39, 0.29) is 16.3 Å². The molecule has 13 heteroatoms.